The lowest BCUT2D eigenvalue weighted by Crippen LogP contribution is -2.41. The van der Waals surface area contributed by atoms with Gasteiger partial charge in [0.15, 0.2) is 0 Å². The maximum atomic E-state index is 14.4. The first kappa shape index (κ1) is 32.2. The zero-order valence-electron chi connectivity index (χ0n) is 26.5. The lowest BCUT2D eigenvalue weighted by molar-refractivity contribution is 0.00578. The van der Waals surface area contributed by atoms with Crippen molar-refractivity contribution in [2.45, 2.75) is 44.4 Å². The van der Waals surface area contributed by atoms with Gasteiger partial charge < -0.3 is 24.5 Å². The predicted molar refractivity (Wildman–Crippen MR) is 179 cm³/mol. The Balaban J connectivity index is 1.76. The van der Waals surface area contributed by atoms with Gasteiger partial charge >= 0.3 is 7.12 Å². The molecule has 8 heteroatoms. The van der Waals surface area contributed by atoms with Gasteiger partial charge in [0.25, 0.3) is 0 Å². The third-order valence-electron chi connectivity index (χ3n) is 8.57. The molecule has 0 aromatic heterocycles. The highest BCUT2D eigenvalue weighted by molar-refractivity contribution is 6.62. The molecule has 0 unspecified atom stereocenters. The average Bonchev–Trinajstić information content (AvgIpc) is 3.26. The van der Waals surface area contributed by atoms with Crippen LogP contribution in [-0.2, 0) is 19.6 Å². The molecule has 2 N–H and O–H groups in total. The Morgan fingerprint density at radius 1 is 0.800 bits per heavy atom. The van der Waals surface area contributed by atoms with Gasteiger partial charge in [0.2, 0.25) is 0 Å². The number of allylic oxidation sites excluding steroid dienone is 1. The summed E-state index contributed by atoms with van der Waals surface area (Å²) in [5.41, 5.74) is 8.94. The van der Waals surface area contributed by atoms with E-state index in [1.807, 2.05) is 82.3 Å². The third kappa shape index (κ3) is 6.59. The second kappa shape index (κ2) is 13.4. The van der Waals surface area contributed by atoms with Gasteiger partial charge in [-0.3, -0.25) is 4.99 Å². The quantitative estimate of drug-likeness (QED) is 0.0845. The van der Waals surface area contributed by atoms with E-state index < -0.39 is 29.7 Å². The monoisotopic (exact) mass is 606 g/mol. The number of benzene rings is 4. The highest BCUT2D eigenvalue weighted by Gasteiger charge is 2.53. The topological polar surface area (TPSA) is 75.3 Å². The number of rotatable bonds is 11. The summed E-state index contributed by atoms with van der Waals surface area (Å²) >= 11 is 0. The van der Waals surface area contributed by atoms with E-state index in [9.17, 15) is 4.39 Å². The molecule has 1 aliphatic heterocycles. The Morgan fingerprint density at radius 2 is 1.29 bits per heavy atom. The molecule has 45 heavy (non-hydrogen) atoms. The molecule has 0 amide bonds. The molecule has 4 aromatic rings. The zero-order valence-corrected chi connectivity index (χ0v) is 26.5. The van der Waals surface area contributed by atoms with Crippen molar-refractivity contribution in [1.29, 1.82) is 0 Å². The Labute approximate surface area is 265 Å². The second-order valence-corrected chi connectivity index (χ2v) is 12.0. The Bertz CT molecular complexity index is 1530. The standard InChI is InChI=1S/C37H40BFN2O4/c1-35(2)36(3,4)45-38(44-35)32(34(40)31-22-21-30(39)25-33(31)43-24-23-42-5)26-41-37(27-15-9-6-10-16-27,28-17-11-7-12-18-28)29-19-13-8-14-20-29/h6-22,25-26H,23-24,40H2,1-5H3. The molecule has 0 bridgehead atoms. The van der Waals surface area contributed by atoms with Crippen molar-refractivity contribution in [3.8, 4) is 5.75 Å². The first-order valence-electron chi connectivity index (χ1n) is 15.1. The highest BCUT2D eigenvalue weighted by Crippen LogP contribution is 2.43. The Hall–Kier alpha value is -4.24. The SMILES string of the molecule is COCCOc1cc(F)ccc1C(N)=C(C=NC(c1ccccc1)(c1ccccc1)c1ccccc1)B1OC(C)(C)C(C)(C)O1. The molecule has 1 aliphatic rings. The molecule has 5 rings (SSSR count). The Morgan fingerprint density at radius 3 is 1.76 bits per heavy atom. The minimum Gasteiger partial charge on any atom is -0.490 e. The predicted octanol–water partition coefficient (Wildman–Crippen LogP) is 7.22. The van der Waals surface area contributed by atoms with Crippen LogP contribution in [0.5, 0.6) is 5.75 Å². The molecule has 232 valence electrons. The van der Waals surface area contributed by atoms with Crippen molar-refractivity contribution in [3.63, 3.8) is 0 Å². The van der Waals surface area contributed by atoms with E-state index in [2.05, 4.69) is 36.4 Å². The summed E-state index contributed by atoms with van der Waals surface area (Å²) in [5.74, 6) is -0.159. The van der Waals surface area contributed by atoms with Gasteiger partial charge in [0.1, 0.15) is 23.7 Å². The van der Waals surface area contributed by atoms with Crippen LogP contribution in [0.3, 0.4) is 0 Å². The molecular formula is C37H40BFN2O4. The average molecular weight is 607 g/mol. The van der Waals surface area contributed by atoms with Gasteiger partial charge in [-0.25, -0.2) is 4.39 Å². The van der Waals surface area contributed by atoms with E-state index in [-0.39, 0.29) is 12.4 Å². The lowest BCUT2D eigenvalue weighted by atomic mass is 9.74. The summed E-state index contributed by atoms with van der Waals surface area (Å²) in [5, 5.41) is 0. The highest BCUT2D eigenvalue weighted by atomic mass is 19.1. The third-order valence-corrected chi connectivity index (χ3v) is 8.57. The smallest absolute Gasteiger partial charge is 0.490 e. The zero-order chi connectivity index (χ0) is 32.1. The van der Waals surface area contributed by atoms with Gasteiger partial charge in [-0.05, 0) is 56.5 Å². The number of aliphatic imine (C=N–C) groups is 1. The van der Waals surface area contributed by atoms with Crippen LogP contribution >= 0.6 is 0 Å². The molecule has 0 spiro atoms. The fourth-order valence-electron chi connectivity index (χ4n) is 5.38. The fourth-order valence-corrected chi connectivity index (χ4v) is 5.38. The van der Waals surface area contributed by atoms with Crippen molar-refractivity contribution in [2.75, 3.05) is 20.3 Å². The molecule has 0 saturated carbocycles. The number of halogens is 1. The van der Waals surface area contributed by atoms with E-state index in [0.29, 0.717) is 23.3 Å². The molecule has 4 aromatic carbocycles. The second-order valence-electron chi connectivity index (χ2n) is 12.0. The van der Waals surface area contributed by atoms with Crippen molar-refractivity contribution in [1.82, 2.24) is 0 Å². The summed E-state index contributed by atoms with van der Waals surface area (Å²) in [6.07, 6.45) is 1.74. The van der Waals surface area contributed by atoms with Gasteiger partial charge in [0, 0.05) is 36.1 Å². The number of nitrogens with zero attached hydrogens (tertiary/aromatic N) is 1. The fraction of sp³-hybridized carbons (Fsp3) is 0.270. The molecule has 0 radical (unpaired) electrons. The maximum absolute atomic E-state index is 14.4. The number of hydrogen-bond acceptors (Lipinski definition) is 6. The first-order chi connectivity index (χ1) is 21.6. The van der Waals surface area contributed by atoms with Crippen molar-refractivity contribution in [3.05, 3.63) is 143 Å². The molecule has 1 fully saturated rings. The molecule has 1 heterocycles. The minimum atomic E-state index is -0.945. The number of methoxy groups -OCH3 is 1. The molecular weight excluding hydrogens is 566 g/mol. The van der Waals surface area contributed by atoms with E-state index in [4.69, 9.17) is 29.5 Å². The van der Waals surface area contributed by atoms with E-state index in [1.165, 1.54) is 12.1 Å². The number of ether oxygens (including phenoxy) is 2. The van der Waals surface area contributed by atoms with Crippen LogP contribution in [0.4, 0.5) is 4.39 Å². The van der Waals surface area contributed by atoms with E-state index in [0.717, 1.165) is 16.7 Å². The Kier molecular flexibility index (Phi) is 9.58. The van der Waals surface area contributed by atoms with Crippen LogP contribution in [0.15, 0.2) is 120 Å². The number of nitrogens with two attached hydrogens (primary N) is 1. The largest absolute Gasteiger partial charge is 0.498 e. The van der Waals surface area contributed by atoms with Crippen LogP contribution in [0.2, 0.25) is 0 Å². The van der Waals surface area contributed by atoms with E-state index in [1.54, 1.807) is 19.4 Å². The van der Waals surface area contributed by atoms with Crippen LogP contribution < -0.4 is 10.5 Å². The molecule has 0 atom stereocenters. The lowest BCUT2D eigenvalue weighted by Gasteiger charge is -2.32. The summed E-state index contributed by atoms with van der Waals surface area (Å²) < 4.78 is 38.6. The molecule has 0 aliphatic carbocycles. The van der Waals surface area contributed by atoms with Crippen molar-refractivity contribution < 1.29 is 23.2 Å². The molecule has 1 saturated heterocycles. The van der Waals surface area contributed by atoms with Gasteiger partial charge in [-0.15, -0.1) is 0 Å². The summed E-state index contributed by atoms with van der Waals surface area (Å²) in [6, 6.07) is 34.7. The van der Waals surface area contributed by atoms with Crippen LogP contribution in [0.25, 0.3) is 5.70 Å². The first-order valence-corrected chi connectivity index (χ1v) is 15.1. The molecule has 6 nitrogen and oxygen atoms in total. The van der Waals surface area contributed by atoms with E-state index >= 15 is 0 Å². The summed E-state index contributed by atoms with van der Waals surface area (Å²) in [6.45, 7) is 8.49. The van der Waals surface area contributed by atoms with Gasteiger partial charge in [-0.1, -0.05) is 91.0 Å². The van der Waals surface area contributed by atoms with Gasteiger partial charge in [-0.2, -0.15) is 0 Å². The van der Waals surface area contributed by atoms with Crippen LogP contribution in [0.1, 0.15) is 49.9 Å². The van der Waals surface area contributed by atoms with Crippen molar-refractivity contribution in [2.24, 2.45) is 10.7 Å². The summed E-state index contributed by atoms with van der Waals surface area (Å²) in [7, 11) is 0.714. The number of hydrogen-bond donors (Lipinski definition) is 1. The van der Waals surface area contributed by atoms with Crippen LogP contribution in [0, 0.1) is 5.82 Å². The minimum absolute atomic E-state index is 0.222. The van der Waals surface area contributed by atoms with Gasteiger partial charge in [0.05, 0.1) is 17.8 Å². The maximum Gasteiger partial charge on any atom is 0.498 e. The van der Waals surface area contributed by atoms with Crippen molar-refractivity contribution >= 4 is 19.0 Å². The normalized spacial score (nSPS) is 16.5. The van der Waals surface area contributed by atoms with Crippen LogP contribution in [-0.4, -0.2) is 44.9 Å². The summed E-state index contributed by atoms with van der Waals surface area (Å²) in [4.78, 5) is 5.42.